The van der Waals surface area contributed by atoms with Crippen LogP contribution in [0.25, 0.3) is 0 Å². The minimum atomic E-state index is -2.18. The van der Waals surface area contributed by atoms with Crippen molar-refractivity contribution in [3.63, 3.8) is 0 Å². The van der Waals surface area contributed by atoms with Crippen LogP contribution in [-0.2, 0) is 4.84 Å². The van der Waals surface area contributed by atoms with Crippen molar-refractivity contribution >= 4 is 26.3 Å². The Hall–Kier alpha value is 0.200. The zero-order valence-corrected chi connectivity index (χ0v) is 4.95. The summed E-state index contributed by atoms with van der Waals surface area (Å²) >= 11 is 4.15. The Morgan fingerprint density at radius 1 is 1.71 bits per heavy atom. The molecule has 0 aliphatic heterocycles. The Morgan fingerprint density at radius 3 is 2.43 bits per heavy atom. The highest BCUT2D eigenvalue weighted by molar-refractivity contribution is 7.78. The predicted molar refractivity (Wildman–Crippen MR) is 29.2 cm³/mol. The quantitative estimate of drug-likeness (QED) is 0.285. The summed E-state index contributed by atoms with van der Waals surface area (Å²) in [5, 5.41) is 1.81. The van der Waals surface area contributed by atoms with Gasteiger partial charge in [0.05, 0.1) is 0 Å². The van der Waals surface area contributed by atoms with Crippen molar-refractivity contribution in [2.45, 2.75) is 0 Å². The molecule has 42 valence electrons. The summed E-state index contributed by atoms with van der Waals surface area (Å²) in [4.78, 5) is 20.1. The average molecular weight is 141 g/mol. The number of thiocarbonyl (C=S) groups is 1. The molecule has 0 heterocycles. The SMILES string of the molecule is OP(O)NOC=S. The summed E-state index contributed by atoms with van der Waals surface area (Å²) in [5.74, 6) is 0. The third-order valence-electron chi connectivity index (χ3n) is 0.182. The van der Waals surface area contributed by atoms with Crippen LogP contribution < -0.4 is 5.25 Å². The molecule has 0 aliphatic carbocycles. The third-order valence-corrected chi connectivity index (χ3v) is 0.547. The van der Waals surface area contributed by atoms with Gasteiger partial charge in [0.2, 0.25) is 0 Å². The molecule has 0 bridgehead atoms. The fourth-order valence-corrected chi connectivity index (χ4v) is 0.335. The molecule has 0 fully saturated rings. The lowest BCUT2D eigenvalue weighted by Gasteiger charge is -1.98. The topological polar surface area (TPSA) is 61.7 Å². The fraction of sp³-hybridized carbons (Fsp3) is 0. The van der Waals surface area contributed by atoms with Gasteiger partial charge in [0.1, 0.15) is 0 Å². The third kappa shape index (κ3) is 6.20. The standard InChI is InChI=1S/CH4NO3PS/c3-6(4)2-5-1-7/h1-4H. The molecule has 0 saturated carbocycles. The van der Waals surface area contributed by atoms with Crippen LogP contribution in [0.3, 0.4) is 0 Å². The summed E-state index contributed by atoms with van der Waals surface area (Å²) in [6.45, 7) is 0. The van der Waals surface area contributed by atoms with Crippen molar-refractivity contribution in [2.75, 3.05) is 0 Å². The molecule has 0 aromatic heterocycles. The number of nitrogens with one attached hydrogen (secondary N) is 1. The van der Waals surface area contributed by atoms with Gasteiger partial charge in [0.25, 0.3) is 8.53 Å². The van der Waals surface area contributed by atoms with Gasteiger partial charge in [-0.25, -0.2) is 0 Å². The van der Waals surface area contributed by atoms with Crippen molar-refractivity contribution in [3.8, 4) is 0 Å². The molecule has 0 atom stereocenters. The van der Waals surface area contributed by atoms with Gasteiger partial charge in [0, 0.05) is 0 Å². The Bertz CT molecular complexity index is 58.9. The van der Waals surface area contributed by atoms with E-state index in [2.05, 4.69) is 17.1 Å². The summed E-state index contributed by atoms with van der Waals surface area (Å²) in [5.41, 5.74) is 0.891. The van der Waals surface area contributed by atoms with Gasteiger partial charge in [0.15, 0.2) is 5.55 Å². The monoisotopic (exact) mass is 141 g/mol. The second-order valence-corrected chi connectivity index (χ2v) is 1.55. The first-order valence-corrected chi connectivity index (χ1v) is 3.02. The minimum absolute atomic E-state index is 0.891. The lowest BCUT2D eigenvalue weighted by Crippen LogP contribution is -2.03. The van der Waals surface area contributed by atoms with E-state index in [1.54, 1.807) is 0 Å². The zero-order valence-electron chi connectivity index (χ0n) is 3.24. The summed E-state index contributed by atoms with van der Waals surface area (Å²) in [7, 11) is -2.18. The highest BCUT2D eigenvalue weighted by atomic mass is 32.1. The number of rotatable bonds is 3. The maximum Gasteiger partial charge on any atom is 0.285 e. The molecule has 4 nitrogen and oxygen atoms in total. The lowest BCUT2D eigenvalue weighted by atomic mass is 11.7. The fourth-order valence-electron chi connectivity index (χ4n) is 0.0687. The van der Waals surface area contributed by atoms with Crippen LogP contribution in [0.5, 0.6) is 0 Å². The van der Waals surface area contributed by atoms with Crippen molar-refractivity contribution in [1.29, 1.82) is 0 Å². The molecule has 0 aliphatic rings. The lowest BCUT2D eigenvalue weighted by molar-refractivity contribution is 0.250. The molecule has 0 aromatic carbocycles. The van der Waals surface area contributed by atoms with E-state index in [1.165, 1.54) is 0 Å². The molecule has 3 N–H and O–H groups in total. The molecule has 0 rings (SSSR count). The Labute approximate surface area is 47.0 Å². The Kier molecular flexibility index (Phi) is 4.49. The first-order valence-electron chi connectivity index (χ1n) is 1.30. The molecule has 0 saturated heterocycles. The highest BCUT2D eigenvalue weighted by Gasteiger charge is 1.91. The van der Waals surface area contributed by atoms with Gasteiger partial charge < -0.3 is 14.6 Å². The van der Waals surface area contributed by atoms with Crippen LogP contribution in [0.4, 0.5) is 0 Å². The molecular weight excluding hydrogens is 137 g/mol. The van der Waals surface area contributed by atoms with Gasteiger partial charge in [-0.3, -0.25) is 0 Å². The molecule has 0 unspecified atom stereocenters. The molecule has 0 amide bonds. The maximum atomic E-state index is 8.00. The molecular formula is CH4NO3PS. The molecule has 6 heteroatoms. The second-order valence-electron chi connectivity index (χ2n) is 0.595. The van der Waals surface area contributed by atoms with Crippen LogP contribution in [0.15, 0.2) is 0 Å². The van der Waals surface area contributed by atoms with E-state index < -0.39 is 8.53 Å². The van der Waals surface area contributed by atoms with Crippen molar-refractivity contribution < 1.29 is 14.6 Å². The molecule has 0 aromatic rings. The Balaban J connectivity index is 2.81. The average Bonchev–Trinajstić information content (AvgIpc) is 1.61. The first-order chi connectivity index (χ1) is 3.27. The predicted octanol–water partition coefficient (Wildman–Crippen LogP) is -0.324. The van der Waals surface area contributed by atoms with E-state index in [9.17, 15) is 0 Å². The van der Waals surface area contributed by atoms with Gasteiger partial charge in [-0.15, -0.1) is 0 Å². The summed E-state index contributed by atoms with van der Waals surface area (Å²) < 4.78 is 0. The van der Waals surface area contributed by atoms with Crippen molar-refractivity contribution in [3.05, 3.63) is 0 Å². The van der Waals surface area contributed by atoms with Crippen molar-refractivity contribution in [2.24, 2.45) is 0 Å². The van der Waals surface area contributed by atoms with Crippen LogP contribution in [0.1, 0.15) is 0 Å². The maximum absolute atomic E-state index is 8.00. The van der Waals surface area contributed by atoms with E-state index >= 15 is 0 Å². The van der Waals surface area contributed by atoms with E-state index in [0.717, 1.165) is 5.55 Å². The van der Waals surface area contributed by atoms with E-state index in [4.69, 9.17) is 9.79 Å². The van der Waals surface area contributed by atoms with E-state index in [-0.39, 0.29) is 0 Å². The molecule has 0 spiro atoms. The first kappa shape index (κ1) is 7.20. The van der Waals surface area contributed by atoms with E-state index in [0.29, 0.717) is 0 Å². The smallest absolute Gasteiger partial charge is 0.285 e. The second kappa shape index (κ2) is 4.36. The van der Waals surface area contributed by atoms with Gasteiger partial charge in [-0.1, -0.05) is 5.25 Å². The van der Waals surface area contributed by atoms with Gasteiger partial charge in [-0.05, 0) is 12.2 Å². The minimum Gasteiger partial charge on any atom is -0.397 e. The Morgan fingerprint density at radius 2 is 2.29 bits per heavy atom. The largest absolute Gasteiger partial charge is 0.397 e. The number of hydrogen-bond donors (Lipinski definition) is 3. The summed E-state index contributed by atoms with van der Waals surface area (Å²) in [6, 6.07) is 0. The van der Waals surface area contributed by atoms with Crippen LogP contribution in [0.2, 0.25) is 0 Å². The van der Waals surface area contributed by atoms with Crippen molar-refractivity contribution in [1.82, 2.24) is 5.25 Å². The normalized spacial score (nSPS) is 9.00. The van der Waals surface area contributed by atoms with Crippen LogP contribution in [0, 0.1) is 0 Å². The van der Waals surface area contributed by atoms with E-state index in [1.807, 2.05) is 5.25 Å². The molecule has 0 radical (unpaired) electrons. The summed E-state index contributed by atoms with van der Waals surface area (Å²) in [6.07, 6.45) is 0. The number of hydrogen-bond acceptors (Lipinski definition) is 5. The van der Waals surface area contributed by atoms with Crippen LogP contribution in [-0.4, -0.2) is 15.3 Å². The van der Waals surface area contributed by atoms with Gasteiger partial charge >= 0.3 is 0 Å². The van der Waals surface area contributed by atoms with Crippen LogP contribution >= 0.6 is 20.7 Å². The molecule has 7 heavy (non-hydrogen) atoms. The highest BCUT2D eigenvalue weighted by Crippen LogP contribution is 2.13. The zero-order chi connectivity index (χ0) is 5.70. The van der Waals surface area contributed by atoms with Gasteiger partial charge in [-0.2, -0.15) is 0 Å².